The monoisotopic (exact) mass is 332 g/mol. The Morgan fingerprint density at radius 2 is 2.12 bits per heavy atom. The summed E-state index contributed by atoms with van der Waals surface area (Å²) in [6, 6.07) is 0. The van der Waals surface area contributed by atoms with Crippen LogP contribution in [0.15, 0.2) is 6.33 Å². The number of aryl methyl sites for hydroxylation is 2. The topological polar surface area (TPSA) is 84.6 Å². The molecule has 1 aliphatic heterocycles. The number of ether oxygens (including phenoxy) is 1. The zero-order valence-electron chi connectivity index (χ0n) is 14.3. The highest BCUT2D eigenvalue weighted by atomic mass is 16.5. The lowest BCUT2D eigenvalue weighted by molar-refractivity contribution is -0.121. The number of morpholine rings is 1. The summed E-state index contributed by atoms with van der Waals surface area (Å²) < 4.78 is 6.99. The fraction of sp³-hybridized carbons (Fsp3) is 0.625. The van der Waals surface area contributed by atoms with E-state index in [-0.39, 0.29) is 5.91 Å². The Hall–Kier alpha value is -2.06. The third kappa shape index (κ3) is 3.88. The molecule has 0 spiro atoms. The van der Waals surface area contributed by atoms with Gasteiger partial charge in [-0.15, -0.1) is 10.2 Å². The lowest BCUT2D eigenvalue weighted by Gasteiger charge is -2.26. The summed E-state index contributed by atoms with van der Waals surface area (Å²) in [7, 11) is 0. The Morgan fingerprint density at radius 3 is 2.92 bits per heavy atom. The van der Waals surface area contributed by atoms with E-state index in [2.05, 4.69) is 25.5 Å². The van der Waals surface area contributed by atoms with Crippen LogP contribution in [0, 0.1) is 13.8 Å². The second-order valence-corrected chi connectivity index (χ2v) is 6.09. The lowest BCUT2D eigenvalue weighted by Crippen LogP contribution is -2.41. The highest BCUT2D eigenvalue weighted by molar-refractivity contribution is 5.76. The first-order valence-electron chi connectivity index (χ1n) is 8.38. The first kappa shape index (κ1) is 16.8. The van der Waals surface area contributed by atoms with E-state index in [9.17, 15) is 4.79 Å². The molecular weight excluding hydrogens is 308 g/mol. The first-order valence-corrected chi connectivity index (χ1v) is 8.38. The number of rotatable bonds is 6. The predicted molar refractivity (Wildman–Crippen MR) is 88.8 cm³/mol. The molecule has 130 valence electrons. The van der Waals surface area contributed by atoms with Crippen molar-refractivity contribution in [2.75, 3.05) is 39.4 Å². The Kier molecular flexibility index (Phi) is 5.37. The summed E-state index contributed by atoms with van der Waals surface area (Å²) in [5, 5.41) is 15.4. The van der Waals surface area contributed by atoms with Crippen LogP contribution >= 0.6 is 0 Å². The molecular formula is C16H24N6O2. The number of aromatic nitrogens is 4. The number of nitrogens with zero attached hydrogens (tertiary/aromatic N) is 5. The summed E-state index contributed by atoms with van der Waals surface area (Å²) in [5.74, 6) is 0.0726. The van der Waals surface area contributed by atoms with E-state index in [1.807, 2.05) is 13.8 Å². The van der Waals surface area contributed by atoms with Gasteiger partial charge in [0.2, 0.25) is 5.91 Å². The maximum Gasteiger partial charge on any atom is 0.220 e. The van der Waals surface area contributed by atoms with Gasteiger partial charge in [0.1, 0.15) is 6.33 Å². The zero-order chi connectivity index (χ0) is 16.9. The van der Waals surface area contributed by atoms with Crippen LogP contribution in [0.3, 0.4) is 0 Å². The Balaban J connectivity index is 1.49. The van der Waals surface area contributed by atoms with E-state index in [1.165, 1.54) is 0 Å². The van der Waals surface area contributed by atoms with Gasteiger partial charge >= 0.3 is 0 Å². The molecule has 0 aromatic carbocycles. The lowest BCUT2D eigenvalue weighted by atomic mass is 10.0. The minimum atomic E-state index is 0.0726. The van der Waals surface area contributed by atoms with E-state index < -0.39 is 0 Å². The molecule has 24 heavy (non-hydrogen) atoms. The molecule has 2 aromatic heterocycles. The van der Waals surface area contributed by atoms with Gasteiger partial charge in [0.15, 0.2) is 5.65 Å². The molecule has 0 atom stereocenters. The highest BCUT2D eigenvalue weighted by Gasteiger charge is 2.13. The van der Waals surface area contributed by atoms with Crippen molar-refractivity contribution in [3.05, 3.63) is 23.1 Å². The van der Waals surface area contributed by atoms with Crippen LogP contribution in [0.5, 0.6) is 0 Å². The van der Waals surface area contributed by atoms with E-state index in [0.29, 0.717) is 19.4 Å². The number of nitrogens with one attached hydrogen (secondary N) is 1. The molecule has 0 bridgehead atoms. The molecule has 1 aliphatic rings. The molecule has 0 unspecified atom stereocenters. The van der Waals surface area contributed by atoms with Gasteiger partial charge < -0.3 is 10.1 Å². The van der Waals surface area contributed by atoms with E-state index >= 15 is 0 Å². The fourth-order valence-corrected chi connectivity index (χ4v) is 3.05. The van der Waals surface area contributed by atoms with Gasteiger partial charge in [0, 0.05) is 38.2 Å². The van der Waals surface area contributed by atoms with Crippen LogP contribution < -0.4 is 5.32 Å². The number of hydrogen-bond acceptors (Lipinski definition) is 6. The molecule has 8 nitrogen and oxygen atoms in total. The predicted octanol–water partition coefficient (Wildman–Crippen LogP) is 0.122. The van der Waals surface area contributed by atoms with Crippen LogP contribution in [0.25, 0.3) is 5.65 Å². The van der Waals surface area contributed by atoms with Gasteiger partial charge in [0.05, 0.1) is 18.9 Å². The van der Waals surface area contributed by atoms with Gasteiger partial charge in [-0.05, 0) is 25.8 Å². The maximum atomic E-state index is 12.1. The van der Waals surface area contributed by atoms with Crippen molar-refractivity contribution in [2.45, 2.75) is 26.7 Å². The summed E-state index contributed by atoms with van der Waals surface area (Å²) in [4.78, 5) is 14.4. The molecule has 3 heterocycles. The van der Waals surface area contributed by atoms with Crippen molar-refractivity contribution < 1.29 is 9.53 Å². The van der Waals surface area contributed by atoms with Gasteiger partial charge in [-0.3, -0.25) is 9.69 Å². The molecule has 0 saturated carbocycles. The molecule has 0 radical (unpaired) electrons. The quantitative estimate of drug-likeness (QED) is 0.809. The Morgan fingerprint density at radius 1 is 1.33 bits per heavy atom. The largest absolute Gasteiger partial charge is 0.379 e. The molecule has 8 heteroatoms. The summed E-state index contributed by atoms with van der Waals surface area (Å²) >= 11 is 0. The number of fused-ring (bicyclic) bond motifs is 1. The van der Waals surface area contributed by atoms with Crippen LogP contribution in [-0.2, 0) is 16.0 Å². The standard InChI is InChI=1S/C16H24N6O2/c1-12-14(13(2)20-22-11-18-19-16(12)22)3-4-15(23)17-5-6-21-7-9-24-10-8-21/h11H,3-10H2,1-2H3,(H,17,23). The summed E-state index contributed by atoms with van der Waals surface area (Å²) in [5.41, 5.74) is 3.80. The average Bonchev–Trinajstić information content (AvgIpc) is 3.04. The third-order valence-corrected chi connectivity index (χ3v) is 4.47. The smallest absolute Gasteiger partial charge is 0.220 e. The van der Waals surface area contributed by atoms with Crippen LogP contribution in [0.1, 0.15) is 23.2 Å². The maximum absolute atomic E-state index is 12.1. The van der Waals surface area contributed by atoms with Crippen molar-refractivity contribution in [3.63, 3.8) is 0 Å². The van der Waals surface area contributed by atoms with Crippen LogP contribution in [0.2, 0.25) is 0 Å². The van der Waals surface area contributed by atoms with Crippen molar-refractivity contribution in [2.24, 2.45) is 0 Å². The van der Waals surface area contributed by atoms with Gasteiger partial charge in [0.25, 0.3) is 0 Å². The number of hydrogen-bond donors (Lipinski definition) is 1. The van der Waals surface area contributed by atoms with E-state index in [0.717, 1.165) is 55.3 Å². The molecule has 0 aliphatic carbocycles. The molecule has 2 aromatic rings. The van der Waals surface area contributed by atoms with Crippen LogP contribution in [-0.4, -0.2) is 70.0 Å². The zero-order valence-corrected chi connectivity index (χ0v) is 14.3. The minimum absolute atomic E-state index is 0.0726. The highest BCUT2D eigenvalue weighted by Crippen LogP contribution is 2.17. The van der Waals surface area contributed by atoms with Gasteiger partial charge in [-0.25, -0.2) is 4.52 Å². The molecule has 1 amide bonds. The SMILES string of the molecule is Cc1nn2cnnc2c(C)c1CCC(=O)NCCN1CCOCC1. The van der Waals surface area contributed by atoms with Gasteiger partial charge in [-0.2, -0.15) is 5.10 Å². The molecule has 3 rings (SSSR count). The van der Waals surface area contributed by atoms with E-state index in [1.54, 1.807) is 10.8 Å². The minimum Gasteiger partial charge on any atom is -0.379 e. The molecule has 1 N–H and O–H groups in total. The molecule has 1 saturated heterocycles. The van der Waals surface area contributed by atoms with Crippen molar-refractivity contribution in [1.82, 2.24) is 30.0 Å². The normalized spacial score (nSPS) is 15.8. The number of carbonyl (C=O) groups excluding carboxylic acids is 1. The van der Waals surface area contributed by atoms with Crippen molar-refractivity contribution >= 4 is 11.6 Å². The fourth-order valence-electron chi connectivity index (χ4n) is 3.05. The van der Waals surface area contributed by atoms with Gasteiger partial charge in [-0.1, -0.05) is 0 Å². The Labute approximate surface area is 141 Å². The van der Waals surface area contributed by atoms with Crippen molar-refractivity contribution in [1.29, 1.82) is 0 Å². The Bertz CT molecular complexity index is 708. The third-order valence-electron chi connectivity index (χ3n) is 4.47. The van der Waals surface area contributed by atoms with Crippen LogP contribution in [0.4, 0.5) is 0 Å². The molecule has 1 fully saturated rings. The first-order chi connectivity index (χ1) is 11.6. The second-order valence-electron chi connectivity index (χ2n) is 6.09. The number of carbonyl (C=O) groups is 1. The average molecular weight is 332 g/mol. The van der Waals surface area contributed by atoms with E-state index in [4.69, 9.17) is 4.74 Å². The van der Waals surface area contributed by atoms with Crippen molar-refractivity contribution in [3.8, 4) is 0 Å². The number of amides is 1. The summed E-state index contributed by atoms with van der Waals surface area (Å²) in [6.45, 7) is 8.97. The second kappa shape index (κ2) is 7.67. The summed E-state index contributed by atoms with van der Waals surface area (Å²) in [6.07, 6.45) is 2.71.